The van der Waals surface area contributed by atoms with Crippen molar-refractivity contribution in [2.75, 3.05) is 12.4 Å². The molecule has 5 rings (SSSR count). The van der Waals surface area contributed by atoms with E-state index in [1.165, 1.54) is 12.0 Å². The molecule has 0 spiro atoms. The van der Waals surface area contributed by atoms with Crippen LogP contribution in [0.3, 0.4) is 0 Å². The Balaban J connectivity index is 1.43. The number of thioether (sulfide) groups is 1. The minimum absolute atomic E-state index is 0.0600. The highest BCUT2D eigenvalue weighted by Crippen LogP contribution is 2.50. The smallest absolute Gasteiger partial charge is 0.322 e. The van der Waals surface area contributed by atoms with Crippen molar-refractivity contribution in [3.63, 3.8) is 0 Å². The van der Waals surface area contributed by atoms with Crippen molar-refractivity contribution < 1.29 is 9.53 Å². The molecule has 10 heteroatoms. The number of methoxy groups -OCH3 is 1. The maximum absolute atomic E-state index is 12.8. The van der Waals surface area contributed by atoms with Gasteiger partial charge in [-0.25, -0.2) is 0 Å². The van der Waals surface area contributed by atoms with Gasteiger partial charge in [0, 0.05) is 41.5 Å². The van der Waals surface area contributed by atoms with E-state index in [-0.39, 0.29) is 17.3 Å². The van der Waals surface area contributed by atoms with Crippen LogP contribution in [-0.2, 0) is 16.0 Å². The van der Waals surface area contributed by atoms with Gasteiger partial charge in [0.25, 0.3) is 0 Å². The zero-order valence-electron chi connectivity index (χ0n) is 22.0. The van der Waals surface area contributed by atoms with E-state index in [0.29, 0.717) is 32.0 Å². The molecular formula is C31H26BCl4N2O2S. The van der Waals surface area contributed by atoms with E-state index in [0.717, 1.165) is 28.8 Å². The van der Waals surface area contributed by atoms with Crippen LogP contribution in [0.5, 0.6) is 0 Å². The zero-order chi connectivity index (χ0) is 28.9. The van der Waals surface area contributed by atoms with E-state index in [4.69, 9.17) is 51.1 Å². The summed E-state index contributed by atoms with van der Waals surface area (Å²) in [5.74, 6) is -0.385. The van der Waals surface area contributed by atoms with Gasteiger partial charge in [0.15, 0.2) is 0 Å². The lowest BCUT2D eigenvalue weighted by atomic mass is 9.81. The highest BCUT2D eigenvalue weighted by molar-refractivity contribution is 7.99. The van der Waals surface area contributed by atoms with Gasteiger partial charge in [-0.15, -0.1) is 11.8 Å². The minimum atomic E-state index is -0.642. The molecule has 209 valence electrons. The molecule has 1 aliphatic rings. The Kier molecular flexibility index (Phi) is 10.1. The molecule has 4 aromatic rings. The molecule has 0 bridgehead atoms. The number of hydrogen-bond donors (Lipinski definition) is 2. The third kappa shape index (κ3) is 7.19. The van der Waals surface area contributed by atoms with Gasteiger partial charge in [0.2, 0.25) is 7.41 Å². The summed E-state index contributed by atoms with van der Waals surface area (Å²) in [5, 5.41) is 9.20. The van der Waals surface area contributed by atoms with Gasteiger partial charge in [-0.2, -0.15) is 0 Å². The fourth-order valence-electron chi connectivity index (χ4n) is 4.95. The third-order valence-corrected chi connectivity index (χ3v) is 9.56. The number of esters is 1. The summed E-state index contributed by atoms with van der Waals surface area (Å²) >= 11 is 27.7. The number of benzene rings is 4. The first-order valence-electron chi connectivity index (χ1n) is 13.0. The summed E-state index contributed by atoms with van der Waals surface area (Å²) in [6.45, 7) is 0. The second-order valence-corrected chi connectivity index (χ2v) is 12.5. The maximum Gasteiger partial charge on any atom is 0.322 e. The zero-order valence-corrected chi connectivity index (χ0v) is 25.9. The molecule has 3 unspecified atom stereocenters. The molecule has 1 radical (unpaired) electrons. The summed E-state index contributed by atoms with van der Waals surface area (Å²) in [7, 11) is 3.04. The van der Waals surface area contributed by atoms with Crippen LogP contribution >= 0.6 is 58.2 Å². The molecule has 2 N–H and O–H groups in total. The minimum Gasteiger partial charge on any atom is -0.468 e. The number of halogens is 4. The van der Waals surface area contributed by atoms with Crippen molar-refractivity contribution >= 4 is 82.7 Å². The number of anilines is 1. The Morgan fingerprint density at radius 1 is 0.951 bits per heavy atom. The molecule has 1 aliphatic heterocycles. The lowest BCUT2D eigenvalue weighted by Gasteiger charge is -2.34. The molecule has 0 saturated carbocycles. The maximum atomic E-state index is 12.8. The van der Waals surface area contributed by atoms with Crippen LogP contribution in [0.2, 0.25) is 20.1 Å². The van der Waals surface area contributed by atoms with E-state index in [1.54, 1.807) is 37.4 Å². The van der Waals surface area contributed by atoms with E-state index in [1.807, 2.05) is 42.5 Å². The number of carbonyl (C=O) groups is 1. The van der Waals surface area contributed by atoms with Crippen molar-refractivity contribution in [3.05, 3.63) is 122 Å². The molecule has 1 heterocycles. The van der Waals surface area contributed by atoms with Crippen LogP contribution in [0.4, 0.5) is 5.69 Å². The average molecular weight is 643 g/mol. The van der Waals surface area contributed by atoms with Crippen LogP contribution in [0, 0.1) is 0 Å². The summed E-state index contributed by atoms with van der Waals surface area (Å²) in [6.07, 6.45) is 1.18. The van der Waals surface area contributed by atoms with Gasteiger partial charge in [-0.3, -0.25) is 4.79 Å². The van der Waals surface area contributed by atoms with Gasteiger partial charge < -0.3 is 15.3 Å². The molecule has 4 nitrogen and oxygen atoms in total. The molecular weight excluding hydrogens is 617 g/mol. The van der Waals surface area contributed by atoms with E-state index < -0.39 is 6.04 Å². The SMILES string of the molecule is COC(=O)C(Cc1ccc2c(c1)C(Sc1ccccc1)CC(c1c(Cl)cccc1Cl)N2)N[B]c1c(Cl)cccc1Cl. The van der Waals surface area contributed by atoms with Crippen LogP contribution in [0.25, 0.3) is 0 Å². The standard InChI is InChI=1S/C31H26BCl4N2O2S/c1-40-31(39)27(38-32-30-23(35)11-6-12-24(30)36)16-18-13-14-25-20(15-18)28(41-19-7-3-2-4-8-19)17-26(37-25)29-21(33)9-5-10-22(29)34/h2-15,26-28,37-38H,16-17H2,1H3. The number of hydrogen-bond acceptors (Lipinski definition) is 5. The average Bonchev–Trinajstić information content (AvgIpc) is 2.96. The van der Waals surface area contributed by atoms with Crippen molar-refractivity contribution in [2.45, 2.75) is 35.1 Å². The highest BCUT2D eigenvalue weighted by atomic mass is 35.5. The second-order valence-electron chi connectivity index (χ2n) is 9.64. The third-order valence-electron chi connectivity index (χ3n) is 6.97. The van der Waals surface area contributed by atoms with Crippen LogP contribution in [0.1, 0.15) is 34.4 Å². The number of rotatable bonds is 9. The number of nitrogens with one attached hydrogen (secondary N) is 2. The van der Waals surface area contributed by atoms with Gasteiger partial charge >= 0.3 is 5.97 Å². The van der Waals surface area contributed by atoms with E-state index in [9.17, 15) is 4.79 Å². The quantitative estimate of drug-likeness (QED) is 0.142. The van der Waals surface area contributed by atoms with Crippen LogP contribution < -0.4 is 16.0 Å². The molecule has 0 saturated heterocycles. The largest absolute Gasteiger partial charge is 0.468 e. The van der Waals surface area contributed by atoms with Crippen molar-refractivity contribution in [1.82, 2.24) is 5.23 Å². The first-order chi connectivity index (χ1) is 19.8. The molecule has 41 heavy (non-hydrogen) atoms. The first-order valence-corrected chi connectivity index (χ1v) is 15.4. The van der Waals surface area contributed by atoms with Gasteiger partial charge in [-0.1, -0.05) is 88.9 Å². The fraction of sp³-hybridized carbons (Fsp3) is 0.194. The van der Waals surface area contributed by atoms with E-state index >= 15 is 0 Å². The number of carbonyl (C=O) groups excluding carboxylic acids is 1. The summed E-state index contributed by atoms with van der Waals surface area (Å²) in [6, 6.07) is 26.7. The van der Waals surface area contributed by atoms with Crippen molar-refractivity contribution in [1.29, 1.82) is 0 Å². The van der Waals surface area contributed by atoms with Gasteiger partial charge in [0.05, 0.1) is 13.2 Å². The number of fused-ring (bicyclic) bond motifs is 1. The molecule has 3 atom stereocenters. The Labute approximate surface area is 265 Å². The van der Waals surface area contributed by atoms with Crippen LogP contribution in [0.15, 0.2) is 89.8 Å². The monoisotopic (exact) mass is 641 g/mol. The normalized spacial score (nSPS) is 16.8. The van der Waals surface area contributed by atoms with Crippen molar-refractivity contribution in [3.8, 4) is 0 Å². The predicted octanol–water partition coefficient (Wildman–Crippen LogP) is 8.31. The number of ether oxygens (including phenoxy) is 1. The lowest BCUT2D eigenvalue weighted by molar-refractivity contribution is -0.142. The fourth-order valence-corrected chi connectivity index (χ4v) is 7.37. The predicted molar refractivity (Wildman–Crippen MR) is 173 cm³/mol. The molecule has 0 aliphatic carbocycles. The Morgan fingerprint density at radius 3 is 2.27 bits per heavy atom. The molecule has 0 fully saturated rings. The molecule has 4 aromatic carbocycles. The van der Waals surface area contributed by atoms with Crippen LogP contribution in [-0.4, -0.2) is 26.5 Å². The Morgan fingerprint density at radius 2 is 1.61 bits per heavy atom. The Hall–Kier alpha value is -2.32. The first kappa shape index (κ1) is 30.2. The summed E-state index contributed by atoms with van der Waals surface area (Å²) in [5.41, 5.74) is 4.65. The summed E-state index contributed by atoms with van der Waals surface area (Å²) < 4.78 is 5.10. The van der Waals surface area contributed by atoms with Crippen molar-refractivity contribution in [2.24, 2.45) is 0 Å². The Bertz CT molecular complexity index is 1500. The second kappa shape index (κ2) is 13.8. The molecule has 0 amide bonds. The highest BCUT2D eigenvalue weighted by Gasteiger charge is 2.31. The topological polar surface area (TPSA) is 50.4 Å². The summed E-state index contributed by atoms with van der Waals surface area (Å²) in [4.78, 5) is 13.9. The molecule has 0 aromatic heterocycles. The van der Waals surface area contributed by atoms with Gasteiger partial charge in [-0.05, 0) is 71.9 Å². The van der Waals surface area contributed by atoms with Gasteiger partial charge in [0.1, 0.15) is 6.04 Å². The van der Waals surface area contributed by atoms with E-state index in [2.05, 4.69) is 34.8 Å². The lowest BCUT2D eigenvalue weighted by Crippen LogP contribution is -2.45.